The van der Waals surface area contributed by atoms with Crippen molar-refractivity contribution in [3.63, 3.8) is 0 Å². The molecule has 0 N–H and O–H groups in total. The van der Waals surface area contributed by atoms with Gasteiger partial charge in [0.05, 0.1) is 5.56 Å². The average Bonchev–Trinajstić information content (AvgIpc) is 2.36. The molecule has 0 spiro atoms. The summed E-state index contributed by atoms with van der Waals surface area (Å²) in [5, 5.41) is 0. The molecule has 2 rings (SSSR count). The molecule has 0 amide bonds. The predicted octanol–water partition coefficient (Wildman–Crippen LogP) is 4.58. The topological polar surface area (TPSA) is 17.1 Å². The first-order chi connectivity index (χ1) is 8.91. The summed E-state index contributed by atoms with van der Waals surface area (Å²) in [6, 6.07) is 7.07. The van der Waals surface area contributed by atoms with Gasteiger partial charge in [0.1, 0.15) is 0 Å². The second kappa shape index (κ2) is 5.21. The summed E-state index contributed by atoms with van der Waals surface area (Å²) in [6.07, 6.45) is 0. The number of carbonyl (C=O) groups is 1. The number of benzene rings is 2. The Hall–Kier alpha value is -1.55. The minimum Gasteiger partial charge on any atom is -0.288 e. The lowest BCUT2D eigenvalue weighted by atomic mass is 9.97. The molecule has 0 bridgehead atoms. The number of halogens is 3. The minimum absolute atomic E-state index is 0.246. The van der Waals surface area contributed by atoms with Gasteiger partial charge in [-0.2, -0.15) is 0 Å². The predicted molar refractivity (Wildman–Crippen MR) is 73.4 cm³/mol. The van der Waals surface area contributed by atoms with E-state index in [2.05, 4.69) is 15.9 Å². The molecule has 4 heteroatoms. The summed E-state index contributed by atoms with van der Waals surface area (Å²) in [7, 11) is 0. The fourth-order valence-corrected chi connectivity index (χ4v) is 2.31. The highest BCUT2D eigenvalue weighted by atomic mass is 79.9. The van der Waals surface area contributed by atoms with Crippen molar-refractivity contribution in [2.45, 2.75) is 13.8 Å². The standard InChI is InChI=1S/C15H11BrF2O/c1-8-7-12(16)9(2)6-11(8)15(19)10-4-3-5-13(17)14(10)18/h3-7H,1-2H3. The van der Waals surface area contributed by atoms with Crippen molar-refractivity contribution in [1.82, 2.24) is 0 Å². The molecule has 0 fully saturated rings. The fraction of sp³-hybridized carbons (Fsp3) is 0.133. The molecule has 19 heavy (non-hydrogen) atoms. The van der Waals surface area contributed by atoms with Gasteiger partial charge in [-0.05, 0) is 49.2 Å². The number of ketones is 1. The summed E-state index contributed by atoms with van der Waals surface area (Å²) in [4.78, 5) is 12.3. The van der Waals surface area contributed by atoms with E-state index >= 15 is 0 Å². The zero-order chi connectivity index (χ0) is 14.2. The van der Waals surface area contributed by atoms with E-state index in [1.54, 1.807) is 19.1 Å². The Morgan fingerprint density at radius 1 is 1.05 bits per heavy atom. The van der Waals surface area contributed by atoms with Gasteiger partial charge >= 0.3 is 0 Å². The summed E-state index contributed by atoms with van der Waals surface area (Å²) in [6.45, 7) is 3.59. The van der Waals surface area contributed by atoms with Crippen molar-refractivity contribution in [3.05, 3.63) is 68.7 Å². The maximum Gasteiger partial charge on any atom is 0.196 e. The van der Waals surface area contributed by atoms with Crippen LogP contribution in [0.15, 0.2) is 34.8 Å². The van der Waals surface area contributed by atoms with Crippen LogP contribution >= 0.6 is 15.9 Å². The zero-order valence-corrected chi connectivity index (χ0v) is 12.0. The van der Waals surface area contributed by atoms with E-state index in [1.165, 1.54) is 12.1 Å². The van der Waals surface area contributed by atoms with Crippen LogP contribution in [0, 0.1) is 25.5 Å². The fourth-order valence-electron chi connectivity index (χ4n) is 1.85. The normalized spacial score (nSPS) is 10.6. The Balaban J connectivity index is 2.56. The van der Waals surface area contributed by atoms with Crippen molar-refractivity contribution in [3.8, 4) is 0 Å². The van der Waals surface area contributed by atoms with Crippen LogP contribution in [-0.4, -0.2) is 5.78 Å². The van der Waals surface area contributed by atoms with Gasteiger partial charge < -0.3 is 0 Å². The Morgan fingerprint density at radius 3 is 2.42 bits per heavy atom. The molecule has 0 saturated heterocycles. The van der Waals surface area contributed by atoms with E-state index in [0.717, 1.165) is 16.1 Å². The van der Waals surface area contributed by atoms with E-state index in [1.807, 2.05) is 6.92 Å². The van der Waals surface area contributed by atoms with E-state index in [9.17, 15) is 13.6 Å². The van der Waals surface area contributed by atoms with Crippen LogP contribution in [0.2, 0.25) is 0 Å². The molecular weight excluding hydrogens is 314 g/mol. The van der Waals surface area contributed by atoms with Gasteiger partial charge in [0.15, 0.2) is 17.4 Å². The molecule has 0 aliphatic carbocycles. The lowest BCUT2D eigenvalue weighted by Gasteiger charge is -2.09. The molecule has 98 valence electrons. The number of rotatable bonds is 2. The number of hydrogen-bond donors (Lipinski definition) is 0. The lowest BCUT2D eigenvalue weighted by Crippen LogP contribution is -2.08. The van der Waals surface area contributed by atoms with Crippen molar-refractivity contribution in [2.24, 2.45) is 0 Å². The minimum atomic E-state index is -1.10. The molecule has 0 unspecified atom stereocenters. The molecule has 1 nitrogen and oxygen atoms in total. The van der Waals surface area contributed by atoms with Gasteiger partial charge in [-0.15, -0.1) is 0 Å². The summed E-state index contributed by atoms with van der Waals surface area (Å²) >= 11 is 3.37. The summed E-state index contributed by atoms with van der Waals surface area (Å²) in [5.74, 6) is -2.63. The van der Waals surface area contributed by atoms with E-state index in [4.69, 9.17) is 0 Å². The molecule has 0 aromatic heterocycles. The van der Waals surface area contributed by atoms with Gasteiger partial charge in [-0.25, -0.2) is 8.78 Å². The van der Waals surface area contributed by atoms with Crippen LogP contribution in [0.5, 0.6) is 0 Å². The van der Waals surface area contributed by atoms with E-state index in [-0.39, 0.29) is 5.56 Å². The first kappa shape index (κ1) is 13.9. The molecule has 0 atom stereocenters. The molecule has 0 aliphatic rings. The molecule has 0 aliphatic heterocycles. The van der Waals surface area contributed by atoms with Crippen molar-refractivity contribution in [1.29, 1.82) is 0 Å². The maximum absolute atomic E-state index is 13.6. The first-order valence-electron chi connectivity index (χ1n) is 5.67. The molecule has 0 radical (unpaired) electrons. The molecule has 2 aromatic rings. The highest BCUT2D eigenvalue weighted by Crippen LogP contribution is 2.24. The number of carbonyl (C=O) groups excluding carboxylic acids is 1. The lowest BCUT2D eigenvalue weighted by molar-refractivity contribution is 0.103. The van der Waals surface area contributed by atoms with Crippen LogP contribution < -0.4 is 0 Å². The zero-order valence-electron chi connectivity index (χ0n) is 10.4. The average molecular weight is 325 g/mol. The third-order valence-electron chi connectivity index (χ3n) is 2.95. The molecule has 0 saturated carbocycles. The van der Waals surface area contributed by atoms with Crippen molar-refractivity contribution < 1.29 is 13.6 Å². The van der Waals surface area contributed by atoms with Crippen LogP contribution in [-0.2, 0) is 0 Å². The van der Waals surface area contributed by atoms with Crippen LogP contribution in [0.1, 0.15) is 27.0 Å². The van der Waals surface area contributed by atoms with Gasteiger partial charge in [0, 0.05) is 10.0 Å². The number of hydrogen-bond acceptors (Lipinski definition) is 1. The first-order valence-corrected chi connectivity index (χ1v) is 6.46. The Bertz CT molecular complexity index is 665. The van der Waals surface area contributed by atoms with Gasteiger partial charge in [-0.1, -0.05) is 22.0 Å². The second-order valence-corrected chi connectivity index (χ2v) is 5.20. The third kappa shape index (κ3) is 2.59. The highest BCUT2D eigenvalue weighted by molar-refractivity contribution is 9.10. The van der Waals surface area contributed by atoms with Crippen LogP contribution in [0.4, 0.5) is 8.78 Å². The highest BCUT2D eigenvalue weighted by Gasteiger charge is 2.19. The quantitative estimate of drug-likeness (QED) is 0.739. The Labute approximate surface area is 118 Å². The second-order valence-electron chi connectivity index (χ2n) is 4.35. The molecule has 2 aromatic carbocycles. The van der Waals surface area contributed by atoms with Gasteiger partial charge in [0.2, 0.25) is 0 Å². The van der Waals surface area contributed by atoms with Gasteiger partial charge in [-0.3, -0.25) is 4.79 Å². The van der Waals surface area contributed by atoms with Crippen LogP contribution in [0.25, 0.3) is 0 Å². The smallest absolute Gasteiger partial charge is 0.196 e. The monoisotopic (exact) mass is 324 g/mol. The number of aryl methyl sites for hydroxylation is 2. The summed E-state index contributed by atoms with van der Waals surface area (Å²) in [5.41, 5.74) is 1.71. The van der Waals surface area contributed by atoms with E-state index < -0.39 is 17.4 Å². The largest absolute Gasteiger partial charge is 0.288 e. The van der Waals surface area contributed by atoms with Crippen molar-refractivity contribution >= 4 is 21.7 Å². The SMILES string of the molecule is Cc1cc(C(=O)c2cccc(F)c2F)c(C)cc1Br. The molecular formula is C15H11BrF2O. The van der Waals surface area contributed by atoms with Crippen LogP contribution in [0.3, 0.4) is 0 Å². The van der Waals surface area contributed by atoms with Crippen molar-refractivity contribution in [2.75, 3.05) is 0 Å². The van der Waals surface area contributed by atoms with Gasteiger partial charge in [0.25, 0.3) is 0 Å². The van der Waals surface area contributed by atoms with E-state index in [0.29, 0.717) is 11.1 Å². The molecule has 0 heterocycles. The Morgan fingerprint density at radius 2 is 1.74 bits per heavy atom. The maximum atomic E-state index is 13.6. The Kier molecular flexibility index (Phi) is 3.80. The third-order valence-corrected chi connectivity index (χ3v) is 3.80. The summed E-state index contributed by atoms with van der Waals surface area (Å²) < 4.78 is 27.7.